The number of nitrogens with zero attached hydrogens (tertiary/aromatic N) is 5. The predicted molar refractivity (Wildman–Crippen MR) is 104 cm³/mol. The van der Waals surface area contributed by atoms with Crippen molar-refractivity contribution in [3.05, 3.63) is 47.7 Å². The second kappa shape index (κ2) is 6.08. The van der Waals surface area contributed by atoms with E-state index in [1.54, 1.807) is 6.33 Å². The van der Waals surface area contributed by atoms with E-state index in [-0.39, 0.29) is 0 Å². The van der Waals surface area contributed by atoms with Crippen molar-refractivity contribution in [1.82, 2.24) is 19.5 Å². The highest BCUT2D eigenvalue weighted by molar-refractivity contribution is 5.76. The number of hydrogen-bond acceptors (Lipinski definition) is 4. The molecule has 1 aliphatic heterocycles. The summed E-state index contributed by atoms with van der Waals surface area (Å²) in [6.45, 7) is 6.47. The highest BCUT2D eigenvalue weighted by atomic mass is 15.3. The van der Waals surface area contributed by atoms with Crippen molar-refractivity contribution in [3.63, 3.8) is 0 Å². The lowest BCUT2D eigenvalue weighted by Gasteiger charge is -2.43. The van der Waals surface area contributed by atoms with Gasteiger partial charge in [-0.15, -0.1) is 0 Å². The molecule has 5 nitrogen and oxygen atoms in total. The van der Waals surface area contributed by atoms with Gasteiger partial charge in [0.05, 0.1) is 17.1 Å². The Morgan fingerprint density at radius 2 is 1.85 bits per heavy atom. The fourth-order valence-corrected chi connectivity index (χ4v) is 4.42. The number of fused-ring (bicyclic) bond motifs is 2. The smallest absolute Gasteiger partial charge is 0.135 e. The van der Waals surface area contributed by atoms with Crippen molar-refractivity contribution >= 4 is 16.9 Å². The van der Waals surface area contributed by atoms with E-state index in [1.165, 1.54) is 41.3 Å². The molecule has 5 rings (SSSR count). The Balaban J connectivity index is 1.46. The Bertz CT molecular complexity index is 952. The number of benzene rings is 1. The minimum atomic E-state index is 0.420. The summed E-state index contributed by atoms with van der Waals surface area (Å²) in [4.78, 5) is 16.5. The summed E-state index contributed by atoms with van der Waals surface area (Å²) in [7, 11) is 0. The number of hydrogen-bond donors (Lipinski definition) is 0. The number of rotatable bonds is 3. The van der Waals surface area contributed by atoms with E-state index in [4.69, 9.17) is 4.98 Å². The van der Waals surface area contributed by atoms with E-state index in [9.17, 15) is 0 Å². The lowest BCUT2D eigenvalue weighted by atomic mass is 9.95. The quantitative estimate of drug-likeness (QED) is 0.721. The molecule has 2 aromatic heterocycles. The summed E-state index contributed by atoms with van der Waals surface area (Å²) in [5.41, 5.74) is 5.01. The molecule has 134 valence electrons. The van der Waals surface area contributed by atoms with Gasteiger partial charge >= 0.3 is 0 Å². The highest BCUT2D eigenvalue weighted by Gasteiger charge is 2.34. The molecule has 0 saturated carbocycles. The van der Waals surface area contributed by atoms with Gasteiger partial charge < -0.3 is 9.47 Å². The van der Waals surface area contributed by atoms with Crippen molar-refractivity contribution in [2.75, 3.05) is 18.0 Å². The van der Waals surface area contributed by atoms with E-state index in [1.807, 2.05) is 0 Å². The summed E-state index contributed by atoms with van der Waals surface area (Å²) in [5.74, 6) is 2.78. The van der Waals surface area contributed by atoms with Gasteiger partial charge in [-0.2, -0.15) is 0 Å². The zero-order valence-electron chi connectivity index (χ0n) is 15.5. The maximum Gasteiger partial charge on any atom is 0.135 e. The van der Waals surface area contributed by atoms with Crippen molar-refractivity contribution < 1.29 is 0 Å². The lowest BCUT2D eigenvalue weighted by Crippen LogP contribution is -2.49. The minimum Gasteiger partial charge on any atom is -0.352 e. The number of para-hydroxylation sites is 2. The maximum atomic E-state index is 4.90. The molecule has 1 aliphatic carbocycles. The van der Waals surface area contributed by atoms with Crippen LogP contribution in [0.1, 0.15) is 55.7 Å². The molecule has 0 bridgehead atoms. The minimum absolute atomic E-state index is 0.420. The third-order valence-corrected chi connectivity index (χ3v) is 5.77. The Morgan fingerprint density at radius 3 is 2.69 bits per heavy atom. The predicted octanol–water partition coefficient (Wildman–Crippen LogP) is 3.89. The molecule has 5 heteroatoms. The molecule has 0 unspecified atom stereocenters. The average Bonchev–Trinajstić information content (AvgIpc) is 3.01. The van der Waals surface area contributed by atoms with Gasteiger partial charge in [-0.05, 0) is 37.8 Å². The molecule has 1 aromatic carbocycles. The largest absolute Gasteiger partial charge is 0.352 e. The van der Waals surface area contributed by atoms with Crippen LogP contribution >= 0.6 is 0 Å². The van der Waals surface area contributed by atoms with Gasteiger partial charge in [0, 0.05) is 30.3 Å². The molecule has 1 fully saturated rings. The molecule has 3 aromatic rings. The van der Waals surface area contributed by atoms with Crippen LogP contribution in [0.25, 0.3) is 11.0 Å². The fraction of sp³-hybridized carbons (Fsp3) is 0.476. The van der Waals surface area contributed by atoms with Gasteiger partial charge in [0.1, 0.15) is 18.0 Å². The second-order valence-corrected chi connectivity index (χ2v) is 7.87. The Hall–Kier alpha value is -2.43. The second-order valence-electron chi connectivity index (χ2n) is 7.87. The van der Waals surface area contributed by atoms with Gasteiger partial charge in [-0.3, -0.25) is 0 Å². The molecule has 1 saturated heterocycles. The normalized spacial score (nSPS) is 17.6. The SMILES string of the molecule is CC(C)c1nc2ccccc2n1C1CN(c2ncnc3c2CCCC3)C1. The van der Waals surface area contributed by atoms with E-state index >= 15 is 0 Å². The van der Waals surface area contributed by atoms with Crippen LogP contribution < -0.4 is 4.90 Å². The average molecular weight is 347 g/mol. The van der Waals surface area contributed by atoms with Gasteiger partial charge in [0.25, 0.3) is 0 Å². The Labute approximate surface area is 154 Å². The van der Waals surface area contributed by atoms with Crippen molar-refractivity contribution in [1.29, 1.82) is 0 Å². The topological polar surface area (TPSA) is 46.8 Å². The summed E-state index contributed by atoms with van der Waals surface area (Å²) in [6, 6.07) is 8.97. The first-order valence-corrected chi connectivity index (χ1v) is 9.77. The van der Waals surface area contributed by atoms with Crippen molar-refractivity contribution in [2.24, 2.45) is 0 Å². The van der Waals surface area contributed by atoms with Crippen LogP contribution in [0.3, 0.4) is 0 Å². The zero-order chi connectivity index (χ0) is 17.7. The molecule has 3 heterocycles. The lowest BCUT2D eigenvalue weighted by molar-refractivity contribution is 0.389. The van der Waals surface area contributed by atoms with Gasteiger partial charge in [0.2, 0.25) is 0 Å². The Morgan fingerprint density at radius 1 is 1.04 bits per heavy atom. The van der Waals surface area contributed by atoms with Crippen LogP contribution in [0.4, 0.5) is 5.82 Å². The standard InChI is InChI=1S/C21H25N5/c1-14(2)20-24-18-9-5-6-10-19(18)26(20)15-11-25(12-15)21-16-7-3-4-8-17(16)22-13-23-21/h5-6,9-10,13-15H,3-4,7-8,11-12H2,1-2H3. The van der Waals surface area contributed by atoms with Crippen LogP contribution in [0.5, 0.6) is 0 Å². The first kappa shape index (κ1) is 15.8. The van der Waals surface area contributed by atoms with Crippen LogP contribution in [-0.4, -0.2) is 32.6 Å². The number of anilines is 1. The van der Waals surface area contributed by atoms with Gasteiger partial charge in [-0.25, -0.2) is 15.0 Å². The first-order chi connectivity index (χ1) is 12.7. The summed E-state index contributed by atoms with van der Waals surface area (Å²) >= 11 is 0. The van der Waals surface area contributed by atoms with E-state index in [0.29, 0.717) is 12.0 Å². The first-order valence-electron chi connectivity index (χ1n) is 9.77. The molecule has 0 atom stereocenters. The summed E-state index contributed by atoms with van der Waals surface area (Å²) in [6.07, 6.45) is 6.49. The van der Waals surface area contributed by atoms with Crippen LogP contribution in [0.15, 0.2) is 30.6 Å². The monoisotopic (exact) mass is 347 g/mol. The van der Waals surface area contributed by atoms with Crippen LogP contribution in [0.2, 0.25) is 0 Å². The summed E-state index contributed by atoms with van der Waals surface area (Å²) in [5, 5.41) is 0. The third kappa shape index (κ3) is 2.41. The molecule has 0 N–H and O–H groups in total. The van der Waals surface area contributed by atoms with Gasteiger partial charge in [0.15, 0.2) is 0 Å². The van der Waals surface area contributed by atoms with Crippen molar-refractivity contribution in [3.8, 4) is 0 Å². The van der Waals surface area contributed by atoms with E-state index < -0.39 is 0 Å². The van der Waals surface area contributed by atoms with E-state index in [2.05, 4.69) is 57.5 Å². The van der Waals surface area contributed by atoms with Gasteiger partial charge in [-0.1, -0.05) is 26.0 Å². The van der Waals surface area contributed by atoms with Crippen molar-refractivity contribution in [2.45, 2.75) is 51.5 Å². The number of aromatic nitrogens is 4. The zero-order valence-corrected chi connectivity index (χ0v) is 15.5. The molecular weight excluding hydrogens is 322 g/mol. The van der Waals surface area contributed by atoms with Crippen LogP contribution in [-0.2, 0) is 12.8 Å². The summed E-state index contributed by atoms with van der Waals surface area (Å²) < 4.78 is 2.46. The molecule has 2 aliphatic rings. The third-order valence-electron chi connectivity index (χ3n) is 5.77. The molecule has 0 spiro atoms. The highest BCUT2D eigenvalue weighted by Crippen LogP contribution is 2.36. The molecule has 0 radical (unpaired) electrons. The number of imidazole rings is 1. The maximum absolute atomic E-state index is 4.90. The number of aryl methyl sites for hydroxylation is 1. The fourth-order valence-electron chi connectivity index (χ4n) is 4.42. The molecular formula is C21H25N5. The molecule has 26 heavy (non-hydrogen) atoms. The molecule has 0 amide bonds. The Kier molecular flexibility index (Phi) is 3.69. The van der Waals surface area contributed by atoms with Crippen LogP contribution in [0, 0.1) is 0 Å². The van der Waals surface area contributed by atoms with E-state index in [0.717, 1.165) is 31.4 Å².